The van der Waals surface area contributed by atoms with E-state index in [0.29, 0.717) is 0 Å². The molecule has 0 aliphatic rings. The van der Waals surface area contributed by atoms with Gasteiger partial charge < -0.3 is 5.32 Å². The molecule has 13 heavy (non-hydrogen) atoms. The molecule has 0 saturated carbocycles. The van der Waals surface area contributed by atoms with E-state index in [1.807, 2.05) is 0 Å². The summed E-state index contributed by atoms with van der Waals surface area (Å²) in [5.41, 5.74) is -0.294. The Bertz CT molecular complexity index is 359. The van der Waals surface area contributed by atoms with Crippen molar-refractivity contribution < 1.29 is 9.18 Å². The number of carbonyl (C=O) groups is 1. The van der Waals surface area contributed by atoms with Gasteiger partial charge in [-0.15, -0.1) is 0 Å². The third-order valence-electron chi connectivity index (χ3n) is 1.30. The van der Waals surface area contributed by atoms with Gasteiger partial charge >= 0.3 is 0 Å². The van der Waals surface area contributed by atoms with Gasteiger partial charge in [-0.05, 0) is 12.1 Å². The van der Waals surface area contributed by atoms with Crippen molar-refractivity contribution in [2.24, 2.45) is 0 Å². The van der Waals surface area contributed by atoms with Gasteiger partial charge in [-0.1, -0.05) is 0 Å². The van der Waals surface area contributed by atoms with Crippen LogP contribution in [0.3, 0.4) is 0 Å². The third kappa shape index (κ3) is 2.24. The van der Waals surface area contributed by atoms with Crippen LogP contribution in [0.4, 0.5) is 4.39 Å². The van der Waals surface area contributed by atoms with Gasteiger partial charge in [0.25, 0.3) is 5.91 Å². The monoisotopic (exact) mass is 179 g/mol. The molecule has 5 heteroatoms. The second-order valence-corrected chi connectivity index (χ2v) is 2.17. The molecule has 0 aliphatic carbocycles. The zero-order valence-corrected chi connectivity index (χ0v) is 6.62. The van der Waals surface area contributed by atoms with Gasteiger partial charge in [0.2, 0.25) is 0 Å². The molecule has 1 rings (SSSR count). The van der Waals surface area contributed by atoms with Crippen LogP contribution in [0, 0.1) is 17.1 Å². The van der Waals surface area contributed by atoms with Gasteiger partial charge in [-0.25, -0.2) is 9.37 Å². The van der Waals surface area contributed by atoms with Gasteiger partial charge in [0.15, 0.2) is 11.5 Å². The largest absolute Gasteiger partial charge is 0.338 e. The summed E-state index contributed by atoms with van der Waals surface area (Å²) in [4.78, 5) is 14.6. The Hall–Kier alpha value is -1.96. The van der Waals surface area contributed by atoms with Gasteiger partial charge in [0.05, 0.1) is 6.07 Å². The van der Waals surface area contributed by atoms with E-state index in [-0.39, 0.29) is 12.2 Å². The van der Waals surface area contributed by atoms with Crippen LogP contribution in [-0.4, -0.2) is 17.4 Å². The van der Waals surface area contributed by atoms with Crippen LogP contribution in [0.5, 0.6) is 0 Å². The van der Waals surface area contributed by atoms with Crippen molar-refractivity contribution in [3.05, 3.63) is 29.8 Å². The number of nitrogens with one attached hydrogen (secondary N) is 1. The standard InChI is InChI=1S/C8H6FN3O/c9-6-2-1-4-11-7(6)8(13)12-5-3-10/h1-2,4H,5H2,(H,12,13). The predicted octanol–water partition coefficient (Wildman–Crippen LogP) is 0.474. The first-order valence-corrected chi connectivity index (χ1v) is 3.51. The van der Waals surface area contributed by atoms with Crippen LogP contribution < -0.4 is 5.32 Å². The summed E-state index contributed by atoms with van der Waals surface area (Å²) in [6.07, 6.45) is 1.31. The highest BCUT2D eigenvalue weighted by Gasteiger charge is 2.10. The molecule has 0 bridgehead atoms. The van der Waals surface area contributed by atoms with E-state index in [4.69, 9.17) is 5.26 Å². The van der Waals surface area contributed by atoms with E-state index in [1.54, 1.807) is 6.07 Å². The van der Waals surface area contributed by atoms with E-state index in [1.165, 1.54) is 12.3 Å². The Morgan fingerprint density at radius 3 is 3.15 bits per heavy atom. The Balaban J connectivity index is 2.78. The molecule has 0 spiro atoms. The Morgan fingerprint density at radius 2 is 2.54 bits per heavy atom. The predicted molar refractivity (Wildman–Crippen MR) is 42.1 cm³/mol. The minimum atomic E-state index is -0.696. The van der Waals surface area contributed by atoms with Crippen molar-refractivity contribution in [3.63, 3.8) is 0 Å². The molecule has 0 atom stereocenters. The van der Waals surface area contributed by atoms with E-state index in [2.05, 4.69) is 10.3 Å². The smallest absolute Gasteiger partial charge is 0.273 e. The molecule has 1 N–H and O–H groups in total. The lowest BCUT2D eigenvalue weighted by Gasteiger charge is -1.99. The molecule has 1 amide bonds. The Morgan fingerprint density at radius 1 is 1.77 bits per heavy atom. The lowest BCUT2D eigenvalue weighted by atomic mass is 10.3. The molecule has 0 unspecified atom stereocenters. The van der Waals surface area contributed by atoms with Crippen LogP contribution in [-0.2, 0) is 0 Å². The second-order valence-electron chi connectivity index (χ2n) is 2.17. The number of pyridine rings is 1. The summed E-state index contributed by atoms with van der Waals surface area (Å²) in [6, 6.07) is 4.22. The molecule has 1 aromatic heterocycles. The zero-order valence-electron chi connectivity index (χ0n) is 6.62. The minimum absolute atomic E-state index is 0.158. The molecule has 0 saturated heterocycles. The fourth-order valence-electron chi connectivity index (χ4n) is 0.756. The van der Waals surface area contributed by atoms with Crippen LogP contribution >= 0.6 is 0 Å². The number of rotatable bonds is 2. The first-order chi connectivity index (χ1) is 6.25. The second kappa shape index (κ2) is 4.16. The van der Waals surface area contributed by atoms with Crippen molar-refractivity contribution in [3.8, 4) is 6.07 Å². The molecular weight excluding hydrogens is 173 g/mol. The molecule has 1 aromatic rings. The van der Waals surface area contributed by atoms with Crippen LogP contribution in [0.2, 0.25) is 0 Å². The Kier molecular flexibility index (Phi) is 2.92. The zero-order chi connectivity index (χ0) is 9.68. The van der Waals surface area contributed by atoms with Crippen molar-refractivity contribution in [1.29, 1.82) is 5.26 Å². The van der Waals surface area contributed by atoms with Crippen molar-refractivity contribution in [2.75, 3.05) is 6.54 Å². The number of hydrogen-bond donors (Lipinski definition) is 1. The summed E-state index contributed by atoms with van der Waals surface area (Å²) in [6.45, 7) is -0.158. The lowest BCUT2D eigenvalue weighted by Crippen LogP contribution is -2.25. The quantitative estimate of drug-likeness (QED) is 0.671. The van der Waals surface area contributed by atoms with E-state index < -0.39 is 11.7 Å². The fraction of sp³-hybridized carbons (Fsp3) is 0.125. The summed E-state index contributed by atoms with van der Waals surface area (Å²) in [5, 5.41) is 10.3. The number of aromatic nitrogens is 1. The molecule has 0 aliphatic heterocycles. The molecule has 66 valence electrons. The number of nitriles is 1. The van der Waals surface area contributed by atoms with E-state index in [0.717, 1.165) is 6.07 Å². The van der Waals surface area contributed by atoms with Gasteiger partial charge in [-0.2, -0.15) is 5.26 Å². The molecule has 0 aromatic carbocycles. The number of nitrogens with zero attached hydrogens (tertiary/aromatic N) is 2. The van der Waals surface area contributed by atoms with Gasteiger partial charge in [0, 0.05) is 6.20 Å². The van der Waals surface area contributed by atoms with Gasteiger partial charge in [0.1, 0.15) is 6.54 Å². The van der Waals surface area contributed by atoms with Crippen molar-refractivity contribution >= 4 is 5.91 Å². The summed E-state index contributed by atoms with van der Waals surface area (Å²) >= 11 is 0. The summed E-state index contributed by atoms with van der Waals surface area (Å²) in [7, 11) is 0. The average molecular weight is 179 g/mol. The van der Waals surface area contributed by atoms with Gasteiger partial charge in [-0.3, -0.25) is 4.79 Å². The van der Waals surface area contributed by atoms with Crippen molar-refractivity contribution in [1.82, 2.24) is 10.3 Å². The molecular formula is C8H6FN3O. The number of carbonyl (C=O) groups excluding carboxylic acids is 1. The van der Waals surface area contributed by atoms with Crippen LogP contribution in [0.25, 0.3) is 0 Å². The highest BCUT2D eigenvalue weighted by molar-refractivity contribution is 5.92. The fourth-order valence-corrected chi connectivity index (χ4v) is 0.756. The molecule has 0 radical (unpaired) electrons. The lowest BCUT2D eigenvalue weighted by molar-refractivity contribution is 0.0949. The summed E-state index contributed by atoms with van der Waals surface area (Å²) < 4.78 is 12.9. The number of amides is 1. The molecule has 4 nitrogen and oxygen atoms in total. The first-order valence-electron chi connectivity index (χ1n) is 3.51. The van der Waals surface area contributed by atoms with Crippen molar-refractivity contribution in [2.45, 2.75) is 0 Å². The highest BCUT2D eigenvalue weighted by Crippen LogP contribution is 2.01. The normalized spacial score (nSPS) is 8.92. The number of halogens is 1. The highest BCUT2D eigenvalue weighted by atomic mass is 19.1. The topological polar surface area (TPSA) is 65.8 Å². The van der Waals surface area contributed by atoms with E-state index >= 15 is 0 Å². The maximum absolute atomic E-state index is 12.9. The summed E-state index contributed by atoms with van der Waals surface area (Å²) in [5.74, 6) is -1.38. The Labute approximate surface area is 74.0 Å². The average Bonchev–Trinajstić information content (AvgIpc) is 2.15. The first kappa shape index (κ1) is 9.13. The van der Waals surface area contributed by atoms with E-state index in [9.17, 15) is 9.18 Å². The van der Waals surface area contributed by atoms with Crippen LogP contribution in [0.15, 0.2) is 18.3 Å². The molecule has 0 fully saturated rings. The maximum Gasteiger partial charge on any atom is 0.273 e. The molecule has 1 heterocycles. The minimum Gasteiger partial charge on any atom is -0.338 e. The number of hydrogen-bond acceptors (Lipinski definition) is 3. The maximum atomic E-state index is 12.9. The SMILES string of the molecule is N#CCNC(=O)c1ncccc1F. The third-order valence-corrected chi connectivity index (χ3v) is 1.30. The van der Waals surface area contributed by atoms with Crippen LogP contribution in [0.1, 0.15) is 10.5 Å².